The minimum atomic E-state index is 0.224. The third-order valence-corrected chi connectivity index (χ3v) is 1.86. The third-order valence-electron chi connectivity index (χ3n) is 1.86. The number of allylic oxidation sites excluding steroid dienone is 1. The van der Waals surface area contributed by atoms with Gasteiger partial charge in [-0.15, -0.1) is 0 Å². The van der Waals surface area contributed by atoms with Crippen LogP contribution in [0, 0.1) is 5.41 Å². The molecule has 1 heteroatoms. The van der Waals surface area contributed by atoms with Crippen LogP contribution in [0.25, 0.3) is 0 Å². The number of hydrogen-bond acceptors (Lipinski definition) is 1. The molecule has 0 N–H and O–H groups in total. The molecule has 0 fully saturated rings. The summed E-state index contributed by atoms with van der Waals surface area (Å²) in [6.07, 6.45) is 4.40. The van der Waals surface area contributed by atoms with Gasteiger partial charge in [-0.1, -0.05) is 26.8 Å². The first-order valence-electron chi connectivity index (χ1n) is 4.55. The molecule has 72 valence electrons. The molecule has 0 saturated carbocycles. The predicted octanol–water partition coefficient (Wildman–Crippen LogP) is 3.28. The van der Waals surface area contributed by atoms with Crippen LogP contribution in [0.1, 0.15) is 41.5 Å². The lowest BCUT2D eigenvalue weighted by Gasteiger charge is -2.31. The fraction of sp³-hybridized carbons (Fsp3) is 0.818. The zero-order chi connectivity index (χ0) is 9.99. The predicted molar refractivity (Wildman–Crippen MR) is 56.1 cm³/mol. The summed E-state index contributed by atoms with van der Waals surface area (Å²) in [5.41, 5.74) is 0.501. The van der Waals surface area contributed by atoms with Crippen LogP contribution in [0.15, 0.2) is 12.3 Å². The van der Waals surface area contributed by atoms with E-state index in [4.69, 9.17) is 0 Å². The van der Waals surface area contributed by atoms with Crippen LogP contribution in [0.2, 0.25) is 0 Å². The molecule has 0 spiro atoms. The van der Waals surface area contributed by atoms with Gasteiger partial charge in [0.2, 0.25) is 0 Å². The maximum atomic E-state index is 2.23. The Hall–Kier alpha value is -0.460. The molecule has 0 aromatic carbocycles. The molecular weight excluding hydrogens is 146 g/mol. The Morgan fingerprint density at radius 1 is 0.917 bits per heavy atom. The van der Waals surface area contributed by atoms with E-state index >= 15 is 0 Å². The molecule has 0 unspecified atom stereocenters. The van der Waals surface area contributed by atoms with Gasteiger partial charge in [-0.05, 0) is 32.4 Å². The van der Waals surface area contributed by atoms with Crippen molar-refractivity contribution >= 4 is 0 Å². The SMILES string of the molecule is CN(/C=C\C(C)(C)C)C(C)(C)C. The van der Waals surface area contributed by atoms with Crippen LogP contribution < -0.4 is 0 Å². The van der Waals surface area contributed by atoms with Crippen molar-refractivity contribution in [3.8, 4) is 0 Å². The van der Waals surface area contributed by atoms with Gasteiger partial charge in [-0.25, -0.2) is 0 Å². The highest BCUT2D eigenvalue weighted by Gasteiger charge is 2.13. The zero-order valence-electron chi connectivity index (χ0n) is 9.60. The molecule has 0 aliphatic rings. The van der Waals surface area contributed by atoms with Crippen LogP contribution in [0.5, 0.6) is 0 Å². The van der Waals surface area contributed by atoms with Gasteiger partial charge in [0.25, 0.3) is 0 Å². The maximum absolute atomic E-state index is 2.23. The van der Waals surface area contributed by atoms with E-state index in [1.807, 2.05) is 0 Å². The second-order valence-corrected chi connectivity index (χ2v) is 5.46. The van der Waals surface area contributed by atoms with E-state index in [2.05, 4.69) is 65.8 Å². The molecule has 0 rings (SSSR count). The van der Waals surface area contributed by atoms with Gasteiger partial charge in [-0.3, -0.25) is 0 Å². The van der Waals surface area contributed by atoms with Crippen molar-refractivity contribution in [3.05, 3.63) is 12.3 Å². The van der Waals surface area contributed by atoms with Crippen LogP contribution >= 0.6 is 0 Å². The Kier molecular flexibility index (Phi) is 3.37. The Bertz CT molecular complexity index is 155. The molecule has 0 radical (unpaired) electrons. The number of hydrogen-bond donors (Lipinski definition) is 0. The lowest BCUT2D eigenvalue weighted by Crippen LogP contribution is -2.33. The van der Waals surface area contributed by atoms with E-state index in [0.29, 0.717) is 0 Å². The largest absolute Gasteiger partial charge is 0.376 e. The molecule has 1 nitrogen and oxygen atoms in total. The van der Waals surface area contributed by atoms with E-state index in [1.165, 1.54) is 0 Å². The van der Waals surface area contributed by atoms with Gasteiger partial charge in [-0.2, -0.15) is 0 Å². The van der Waals surface area contributed by atoms with Gasteiger partial charge < -0.3 is 4.90 Å². The van der Waals surface area contributed by atoms with Gasteiger partial charge >= 0.3 is 0 Å². The van der Waals surface area contributed by atoms with Crippen molar-refractivity contribution in [2.24, 2.45) is 5.41 Å². The van der Waals surface area contributed by atoms with Gasteiger partial charge in [0, 0.05) is 12.6 Å². The zero-order valence-corrected chi connectivity index (χ0v) is 9.60. The summed E-state index contributed by atoms with van der Waals surface area (Å²) in [6, 6.07) is 0. The number of nitrogens with zero attached hydrogens (tertiary/aromatic N) is 1. The summed E-state index contributed by atoms with van der Waals surface area (Å²) in [5, 5.41) is 0. The van der Waals surface area contributed by atoms with Crippen LogP contribution in [-0.4, -0.2) is 17.5 Å². The van der Waals surface area contributed by atoms with Crippen LogP contribution in [-0.2, 0) is 0 Å². The van der Waals surface area contributed by atoms with Crippen LogP contribution in [0.4, 0.5) is 0 Å². The first kappa shape index (κ1) is 11.5. The van der Waals surface area contributed by atoms with Gasteiger partial charge in [0.05, 0.1) is 0 Å². The molecule has 0 amide bonds. The minimum Gasteiger partial charge on any atom is -0.376 e. The van der Waals surface area contributed by atoms with Crippen molar-refractivity contribution in [1.82, 2.24) is 4.90 Å². The Morgan fingerprint density at radius 3 is 1.58 bits per heavy atom. The maximum Gasteiger partial charge on any atom is 0.0309 e. The summed E-state index contributed by atoms with van der Waals surface area (Å²) >= 11 is 0. The van der Waals surface area contributed by atoms with E-state index in [0.717, 1.165) is 0 Å². The molecular formula is C11H23N. The topological polar surface area (TPSA) is 3.24 Å². The molecule has 0 saturated heterocycles. The molecule has 0 aliphatic heterocycles. The van der Waals surface area contributed by atoms with E-state index in [-0.39, 0.29) is 11.0 Å². The summed E-state index contributed by atoms with van der Waals surface area (Å²) < 4.78 is 0. The van der Waals surface area contributed by atoms with E-state index in [9.17, 15) is 0 Å². The second-order valence-electron chi connectivity index (χ2n) is 5.46. The first-order valence-corrected chi connectivity index (χ1v) is 4.55. The van der Waals surface area contributed by atoms with Gasteiger partial charge in [0.15, 0.2) is 0 Å². The molecule has 12 heavy (non-hydrogen) atoms. The average molecular weight is 169 g/mol. The van der Waals surface area contributed by atoms with Crippen LogP contribution in [0.3, 0.4) is 0 Å². The quantitative estimate of drug-likeness (QED) is 0.582. The summed E-state index contributed by atoms with van der Waals surface area (Å²) in [5.74, 6) is 0. The fourth-order valence-electron chi connectivity index (χ4n) is 0.559. The summed E-state index contributed by atoms with van der Waals surface area (Å²) in [4.78, 5) is 2.23. The van der Waals surface area contributed by atoms with Crippen molar-refractivity contribution in [3.63, 3.8) is 0 Å². The normalized spacial score (nSPS) is 13.9. The summed E-state index contributed by atoms with van der Waals surface area (Å²) in [6.45, 7) is 13.3. The van der Waals surface area contributed by atoms with Crippen molar-refractivity contribution in [2.75, 3.05) is 7.05 Å². The van der Waals surface area contributed by atoms with Crippen molar-refractivity contribution < 1.29 is 0 Å². The third kappa shape index (κ3) is 5.22. The monoisotopic (exact) mass is 169 g/mol. The highest BCUT2D eigenvalue weighted by atomic mass is 15.1. The summed E-state index contributed by atoms with van der Waals surface area (Å²) in [7, 11) is 2.11. The molecule has 0 aromatic rings. The first-order chi connectivity index (χ1) is 5.13. The molecule has 0 aliphatic carbocycles. The van der Waals surface area contributed by atoms with Gasteiger partial charge in [0.1, 0.15) is 0 Å². The lowest BCUT2D eigenvalue weighted by atomic mass is 9.96. The van der Waals surface area contributed by atoms with E-state index < -0.39 is 0 Å². The fourth-order valence-corrected chi connectivity index (χ4v) is 0.559. The standard InChI is InChI=1S/C11H23N/c1-10(2,3)8-9-12(7)11(4,5)6/h8-9H,1-7H3/b9-8-. The van der Waals surface area contributed by atoms with E-state index in [1.54, 1.807) is 0 Å². The molecule has 0 aromatic heterocycles. The molecule has 0 heterocycles. The Balaban J connectivity index is 4.19. The van der Waals surface area contributed by atoms with Crippen molar-refractivity contribution in [2.45, 2.75) is 47.1 Å². The second kappa shape index (κ2) is 3.51. The molecule has 0 atom stereocenters. The minimum absolute atomic E-state index is 0.224. The highest BCUT2D eigenvalue weighted by Crippen LogP contribution is 2.17. The Morgan fingerprint density at radius 2 is 1.33 bits per heavy atom. The lowest BCUT2D eigenvalue weighted by molar-refractivity contribution is 0.247. The molecule has 0 bridgehead atoms. The van der Waals surface area contributed by atoms with Crippen molar-refractivity contribution in [1.29, 1.82) is 0 Å². The highest BCUT2D eigenvalue weighted by molar-refractivity contribution is 4.94. The Labute approximate surface area is 77.5 Å². The average Bonchev–Trinajstić information content (AvgIpc) is 1.78. The number of rotatable bonds is 1. The smallest absolute Gasteiger partial charge is 0.0309 e.